The number of halogens is 1. The van der Waals surface area contributed by atoms with Gasteiger partial charge in [-0.25, -0.2) is 0 Å². The van der Waals surface area contributed by atoms with Gasteiger partial charge in [-0.05, 0) is 44.4 Å². The molecular formula is C13H26ClN. The van der Waals surface area contributed by atoms with Gasteiger partial charge in [0.05, 0.1) is 0 Å². The second-order valence-electron chi connectivity index (χ2n) is 5.25. The SMILES string of the molecule is CCC(CC)NC1(CCl)CCC(C)CC1. The van der Waals surface area contributed by atoms with Gasteiger partial charge in [0.15, 0.2) is 0 Å². The highest BCUT2D eigenvalue weighted by Crippen LogP contribution is 2.33. The van der Waals surface area contributed by atoms with Crippen LogP contribution in [-0.2, 0) is 0 Å². The van der Waals surface area contributed by atoms with Crippen molar-refractivity contribution in [2.75, 3.05) is 5.88 Å². The monoisotopic (exact) mass is 231 g/mol. The van der Waals surface area contributed by atoms with E-state index in [0.717, 1.165) is 11.8 Å². The first-order valence-electron chi connectivity index (χ1n) is 6.49. The first-order valence-corrected chi connectivity index (χ1v) is 7.03. The molecule has 0 atom stereocenters. The normalized spacial score (nSPS) is 32.2. The van der Waals surface area contributed by atoms with Gasteiger partial charge in [0.1, 0.15) is 0 Å². The maximum Gasteiger partial charge on any atom is 0.0406 e. The van der Waals surface area contributed by atoms with Crippen molar-refractivity contribution in [3.63, 3.8) is 0 Å². The Morgan fingerprint density at radius 2 is 1.80 bits per heavy atom. The Kier molecular flexibility index (Phi) is 5.42. The molecular weight excluding hydrogens is 206 g/mol. The first kappa shape index (κ1) is 13.3. The second-order valence-corrected chi connectivity index (χ2v) is 5.52. The minimum absolute atomic E-state index is 0.241. The van der Waals surface area contributed by atoms with E-state index in [4.69, 9.17) is 11.6 Å². The Balaban J connectivity index is 2.52. The van der Waals surface area contributed by atoms with E-state index in [1.165, 1.54) is 38.5 Å². The molecule has 1 N–H and O–H groups in total. The molecule has 1 rings (SSSR count). The first-order chi connectivity index (χ1) is 7.15. The zero-order chi connectivity index (χ0) is 11.3. The third kappa shape index (κ3) is 3.64. The predicted molar refractivity (Wildman–Crippen MR) is 68.6 cm³/mol. The number of nitrogens with one attached hydrogen (secondary N) is 1. The van der Waals surface area contributed by atoms with Crippen LogP contribution < -0.4 is 5.32 Å². The molecule has 0 amide bonds. The fourth-order valence-electron chi connectivity index (χ4n) is 2.56. The predicted octanol–water partition coefficient (Wildman–Crippen LogP) is 3.95. The second kappa shape index (κ2) is 6.10. The van der Waals surface area contributed by atoms with Crippen molar-refractivity contribution in [3.05, 3.63) is 0 Å². The fourth-order valence-corrected chi connectivity index (χ4v) is 2.90. The Labute approximate surface area is 100.0 Å². The van der Waals surface area contributed by atoms with Gasteiger partial charge < -0.3 is 5.32 Å². The van der Waals surface area contributed by atoms with Gasteiger partial charge in [-0.3, -0.25) is 0 Å². The maximum atomic E-state index is 6.18. The van der Waals surface area contributed by atoms with E-state index in [-0.39, 0.29) is 5.54 Å². The number of alkyl halides is 1. The molecule has 1 aliphatic rings. The smallest absolute Gasteiger partial charge is 0.0406 e. The third-order valence-electron chi connectivity index (χ3n) is 3.98. The van der Waals surface area contributed by atoms with Crippen LogP contribution in [0.3, 0.4) is 0 Å². The lowest BCUT2D eigenvalue weighted by Gasteiger charge is -2.41. The van der Waals surface area contributed by atoms with Crippen LogP contribution in [0.2, 0.25) is 0 Å². The number of hydrogen-bond acceptors (Lipinski definition) is 1. The molecule has 0 aromatic rings. The molecule has 15 heavy (non-hydrogen) atoms. The Morgan fingerprint density at radius 3 is 2.20 bits per heavy atom. The molecule has 0 heterocycles. The lowest BCUT2D eigenvalue weighted by molar-refractivity contribution is 0.194. The molecule has 90 valence electrons. The van der Waals surface area contributed by atoms with E-state index in [9.17, 15) is 0 Å². The third-order valence-corrected chi connectivity index (χ3v) is 4.49. The van der Waals surface area contributed by atoms with Crippen molar-refractivity contribution < 1.29 is 0 Å². The Hall–Kier alpha value is 0.250. The minimum Gasteiger partial charge on any atom is -0.307 e. The quantitative estimate of drug-likeness (QED) is 0.707. The summed E-state index contributed by atoms with van der Waals surface area (Å²) in [7, 11) is 0. The van der Waals surface area contributed by atoms with E-state index in [1.54, 1.807) is 0 Å². The lowest BCUT2D eigenvalue weighted by Crippen LogP contribution is -2.53. The molecule has 1 aliphatic carbocycles. The van der Waals surface area contributed by atoms with Crippen molar-refractivity contribution >= 4 is 11.6 Å². The summed E-state index contributed by atoms with van der Waals surface area (Å²) < 4.78 is 0. The van der Waals surface area contributed by atoms with Crippen molar-refractivity contribution in [2.24, 2.45) is 5.92 Å². The fraction of sp³-hybridized carbons (Fsp3) is 1.00. The van der Waals surface area contributed by atoms with Crippen molar-refractivity contribution in [2.45, 2.75) is 70.9 Å². The molecule has 0 aliphatic heterocycles. The molecule has 0 radical (unpaired) electrons. The summed E-state index contributed by atoms with van der Waals surface area (Å²) >= 11 is 6.18. The van der Waals surface area contributed by atoms with Crippen LogP contribution in [0.15, 0.2) is 0 Å². The van der Waals surface area contributed by atoms with E-state index in [2.05, 4.69) is 26.1 Å². The van der Waals surface area contributed by atoms with Gasteiger partial charge in [0.25, 0.3) is 0 Å². The Bertz CT molecular complexity index is 169. The summed E-state index contributed by atoms with van der Waals surface area (Å²) in [5.74, 6) is 1.67. The summed E-state index contributed by atoms with van der Waals surface area (Å²) in [4.78, 5) is 0. The van der Waals surface area contributed by atoms with Crippen LogP contribution in [0, 0.1) is 5.92 Å². The number of rotatable bonds is 5. The lowest BCUT2D eigenvalue weighted by atomic mass is 9.77. The van der Waals surface area contributed by atoms with Crippen LogP contribution in [0.25, 0.3) is 0 Å². The van der Waals surface area contributed by atoms with Gasteiger partial charge >= 0.3 is 0 Å². The molecule has 1 nitrogen and oxygen atoms in total. The van der Waals surface area contributed by atoms with Crippen molar-refractivity contribution in [1.82, 2.24) is 5.32 Å². The van der Waals surface area contributed by atoms with E-state index in [0.29, 0.717) is 6.04 Å². The molecule has 0 spiro atoms. The van der Waals surface area contributed by atoms with Crippen LogP contribution in [0.1, 0.15) is 59.3 Å². The molecule has 0 unspecified atom stereocenters. The summed E-state index contributed by atoms with van der Waals surface area (Å²) in [6.45, 7) is 6.87. The van der Waals surface area contributed by atoms with Crippen LogP contribution in [-0.4, -0.2) is 17.5 Å². The molecule has 0 aromatic carbocycles. The largest absolute Gasteiger partial charge is 0.307 e. The summed E-state index contributed by atoms with van der Waals surface area (Å²) in [6, 6.07) is 0.650. The average Bonchev–Trinajstić information content (AvgIpc) is 2.29. The maximum absolute atomic E-state index is 6.18. The summed E-state index contributed by atoms with van der Waals surface area (Å²) in [6.07, 6.45) is 7.61. The summed E-state index contributed by atoms with van der Waals surface area (Å²) in [5.41, 5.74) is 0.241. The van der Waals surface area contributed by atoms with Crippen LogP contribution in [0.4, 0.5) is 0 Å². The van der Waals surface area contributed by atoms with Gasteiger partial charge in [-0.1, -0.05) is 20.8 Å². The van der Waals surface area contributed by atoms with Gasteiger partial charge in [0, 0.05) is 17.5 Å². The van der Waals surface area contributed by atoms with Gasteiger partial charge in [-0.2, -0.15) is 0 Å². The zero-order valence-corrected chi connectivity index (χ0v) is 11.2. The average molecular weight is 232 g/mol. The standard InChI is InChI=1S/C13H26ClN/c1-4-12(5-2)15-13(10-14)8-6-11(3)7-9-13/h11-12,15H,4-10H2,1-3H3. The zero-order valence-electron chi connectivity index (χ0n) is 10.5. The molecule has 0 saturated heterocycles. The topological polar surface area (TPSA) is 12.0 Å². The molecule has 2 heteroatoms. The van der Waals surface area contributed by atoms with Crippen molar-refractivity contribution in [1.29, 1.82) is 0 Å². The van der Waals surface area contributed by atoms with E-state index in [1.807, 2.05) is 0 Å². The molecule has 1 fully saturated rings. The van der Waals surface area contributed by atoms with Gasteiger partial charge in [-0.15, -0.1) is 11.6 Å². The molecule has 1 saturated carbocycles. The highest BCUT2D eigenvalue weighted by atomic mass is 35.5. The van der Waals surface area contributed by atoms with E-state index >= 15 is 0 Å². The Morgan fingerprint density at radius 1 is 1.27 bits per heavy atom. The molecule has 0 bridgehead atoms. The van der Waals surface area contributed by atoms with E-state index < -0.39 is 0 Å². The van der Waals surface area contributed by atoms with Crippen LogP contribution in [0.5, 0.6) is 0 Å². The van der Waals surface area contributed by atoms with Crippen molar-refractivity contribution in [3.8, 4) is 0 Å². The highest BCUT2D eigenvalue weighted by molar-refractivity contribution is 6.18. The molecule has 0 aromatic heterocycles. The minimum atomic E-state index is 0.241. The van der Waals surface area contributed by atoms with Gasteiger partial charge in [0.2, 0.25) is 0 Å². The number of hydrogen-bond donors (Lipinski definition) is 1. The summed E-state index contributed by atoms with van der Waals surface area (Å²) in [5, 5.41) is 3.81. The highest BCUT2D eigenvalue weighted by Gasteiger charge is 2.34. The van der Waals surface area contributed by atoms with Crippen LogP contribution >= 0.6 is 11.6 Å².